The molecule has 2 aromatic carbocycles. The monoisotopic (exact) mass is 549 g/mol. The average molecular weight is 550 g/mol. The van der Waals surface area contributed by atoms with Gasteiger partial charge < -0.3 is 20.3 Å². The van der Waals surface area contributed by atoms with Crippen LogP contribution in [0.1, 0.15) is 57.4 Å². The molecular formula is C30H36ClN5OS. The van der Waals surface area contributed by atoms with Gasteiger partial charge in [-0.15, -0.1) is 0 Å². The van der Waals surface area contributed by atoms with Crippen LogP contribution in [0.25, 0.3) is 0 Å². The van der Waals surface area contributed by atoms with Crippen molar-refractivity contribution in [3.63, 3.8) is 0 Å². The van der Waals surface area contributed by atoms with E-state index in [0.29, 0.717) is 22.9 Å². The van der Waals surface area contributed by atoms with Crippen LogP contribution in [-0.4, -0.2) is 34.7 Å². The van der Waals surface area contributed by atoms with Crippen molar-refractivity contribution in [1.82, 2.24) is 15.3 Å². The number of hydrogen-bond donors (Lipinski definition) is 2. The fourth-order valence-electron chi connectivity index (χ4n) is 5.68. The van der Waals surface area contributed by atoms with Gasteiger partial charge in [-0.3, -0.25) is 0 Å². The summed E-state index contributed by atoms with van der Waals surface area (Å²) in [5.74, 6) is 3.14. The number of nitrogens with zero attached hydrogens (tertiary/aromatic N) is 3. The van der Waals surface area contributed by atoms with Gasteiger partial charge in [-0.2, -0.15) is 9.97 Å². The molecular weight excluding hydrogens is 514 g/mol. The number of benzene rings is 2. The molecule has 3 aromatic rings. The van der Waals surface area contributed by atoms with Gasteiger partial charge in [0.1, 0.15) is 11.6 Å². The second-order valence-electron chi connectivity index (χ2n) is 10.7. The molecule has 1 aliphatic heterocycles. The van der Waals surface area contributed by atoms with E-state index in [0.717, 1.165) is 55.5 Å². The van der Waals surface area contributed by atoms with Gasteiger partial charge in [0, 0.05) is 36.1 Å². The van der Waals surface area contributed by atoms with Crippen LogP contribution in [0, 0.1) is 5.92 Å². The van der Waals surface area contributed by atoms with Gasteiger partial charge in [0.15, 0.2) is 5.11 Å². The lowest BCUT2D eigenvalue weighted by Crippen LogP contribution is -2.43. The van der Waals surface area contributed by atoms with Crippen LogP contribution < -0.4 is 20.3 Å². The van der Waals surface area contributed by atoms with E-state index in [9.17, 15) is 0 Å². The summed E-state index contributed by atoms with van der Waals surface area (Å²) in [5.41, 5.74) is 1.34. The number of nitrogens with one attached hydrogen (secondary N) is 2. The second kappa shape index (κ2) is 12.3. The third-order valence-electron chi connectivity index (χ3n) is 7.72. The topological polar surface area (TPSA) is 62.3 Å². The highest BCUT2D eigenvalue weighted by molar-refractivity contribution is 7.80. The van der Waals surface area contributed by atoms with E-state index >= 15 is 0 Å². The zero-order valence-electron chi connectivity index (χ0n) is 22.0. The SMILES string of the molecule is CC1CCCN(c2cc(Oc3ccccc3)nc(NC(=S)NCC3(c4ccc(Cl)cc4)CCCCC3)n2)C1. The van der Waals surface area contributed by atoms with E-state index in [2.05, 4.69) is 39.6 Å². The van der Waals surface area contributed by atoms with Crippen molar-refractivity contribution in [3.8, 4) is 11.6 Å². The Hall–Kier alpha value is -2.90. The third-order valence-corrected chi connectivity index (χ3v) is 8.21. The first-order valence-electron chi connectivity index (χ1n) is 13.7. The first-order chi connectivity index (χ1) is 18.5. The molecule has 2 heterocycles. The summed E-state index contributed by atoms with van der Waals surface area (Å²) in [4.78, 5) is 11.8. The molecule has 1 saturated carbocycles. The molecule has 200 valence electrons. The molecule has 1 aliphatic carbocycles. The van der Waals surface area contributed by atoms with Crippen LogP contribution in [0.2, 0.25) is 5.02 Å². The Kier molecular flexibility index (Phi) is 8.65. The third kappa shape index (κ3) is 6.75. The highest BCUT2D eigenvalue weighted by atomic mass is 35.5. The van der Waals surface area contributed by atoms with Crippen molar-refractivity contribution in [3.05, 3.63) is 71.2 Å². The summed E-state index contributed by atoms with van der Waals surface area (Å²) >= 11 is 11.9. The minimum Gasteiger partial charge on any atom is -0.439 e. The van der Waals surface area contributed by atoms with Gasteiger partial charge >= 0.3 is 0 Å². The summed E-state index contributed by atoms with van der Waals surface area (Å²) in [7, 11) is 0. The summed E-state index contributed by atoms with van der Waals surface area (Å²) in [6.07, 6.45) is 8.34. The Morgan fingerprint density at radius 1 is 1.05 bits per heavy atom. The molecule has 0 spiro atoms. The number of aromatic nitrogens is 2. The molecule has 0 amide bonds. The normalized spacial score (nSPS) is 19.0. The van der Waals surface area contributed by atoms with Crippen LogP contribution in [-0.2, 0) is 5.41 Å². The summed E-state index contributed by atoms with van der Waals surface area (Å²) in [6, 6.07) is 19.9. The maximum Gasteiger partial charge on any atom is 0.234 e. The van der Waals surface area contributed by atoms with Crippen LogP contribution in [0.15, 0.2) is 60.7 Å². The fourth-order valence-corrected chi connectivity index (χ4v) is 5.97. The standard InChI is InChI=1S/C30H36ClN5OS/c1-22-9-8-18-36(20-22)26-19-27(37-25-10-4-2-5-11-25)34-28(33-26)35-29(38)32-21-30(16-6-3-7-17-30)23-12-14-24(31)15-13-23/h2,4-5,10-15,19,22H,3,6-9,16-18,20-21H2,1H3,(H2,32,33,34,35,38). The molecule has 1 unspecified atom stereocenters. The van der Waals surface area contributed by atoms with Gasteiger partial charge in [-0.1, -0.05) is 68.1 Å². The van der Waals surface area contributed by atoms with Gasteiger partial charge in [-0.05, 0) is 73.6 Å². The van der Waals surface area contributed by atoms with Crippen molar-refractivity contribution in [2.24, 2.45) is 5.92 Å². The second-order valence-corrected chi connectivity index (χ2v) is 11.5. The van der Waals surface area contributed by atoms with Crippen molar-refractivity contribution < 1.29 is 4.74 Å². The molecule has 0 bridgehead atoms. The average Bonchev–Trinajstić information content (AvgIpc) is 2.93. The molecule has 2 aliphatic rings. The Morgan fingerprint density at radius 2 is 1.82 bits per heavy atom. The van der Waals surface area contributed by atoms with Gasteiger partial charge in [0.25, 0.3) is 0 Å². The largest absolute Gasteiger partial charge is 0.439 e. The Labute approximate surface area is 236 Å². The number of para-hydroxylation sites is 1. The van der Waals surface area contributed by atoms with Gasteiger partial charge in [-0.25, -0.2) is 0 Å². The van der Waals surface area contributed by atoms with Crippen LogP contribution in [0.3, 0.4) is 0 Å². The number of rotatable bonds is 7. The minimum absolute atomic E-state index is 0.0306. The summed E-state index contributed by atoms with van der Waals surface area (Å²) in [5, 5.41) is 8.00. The molecule has 5 rings (SSSR count). The maximum atomic E-state index is 6.18. The predicted octanol–water partition coefficient (Wildman–Crippen LogP) is 7.35. The molecule has 1 saturated heterocycles. The molecule has 38 heavy (non-hydrogen) atoms. The smallest absolute Gasteiger partial charge is 0.234 e. The van der Waals surface area contributed by atoms with Crippen LogP contribution >= 0.6 is 23.8 Å². The lowest BCUT2D eigenvalue weighted by molar-refractivity contribution is 0.292. The Bertz CT molecular complexity index is 1220. The fraction of sp³-hybridized carbons (Fsp3) is 0.433. The summed E-state index contributed by atoms with van der Waals surface area (Å²) in [6.45, 7) is 4.97. The highest BCUT2D eigenvalue weighted by Crippen LogP contribution is 2.39. The molecule has 6 nitrogen and oxygen atoms in total. The minimum atomic E-state index is 0.0306. The quantitative estimate of drug-likeness (QED) is 0.299. The molecule has 1 atom stereocenters. The molecule has 8 heteroatoms. The van der Waals surface area contributed by atoms with Gasteiger partial charge in [0.2, 0.25) is 11.8 Å². The molecule has 0 radical (unpaired) electrons. The number of piperidine rings is 1. The van der Waals surface area contributed by atoms with E-state index in [1.165, 1.54) is 31.2 Å². The summed E-state index contributed by atoms with van der Waals surface area (Å²) < 4.78 is 6.11. The van der Waals surface area contributed by atoms with E-state index in [4.69, 9.17) is 33.5 Å². The van der Waals surface area contributed by atoms with E-state index in [1.807, 2.05) is 48.5 Å². The van der Waals surface area contributed by atoms with E-state index < -0.39 is 0 Å². The number of ether oxygens (including phenoxy) is 1. The number of anilines is 2. The Balaban J connectivity index is 1.33. The van der Waals surface area contributed by atoms with Crippen LogP contribution in [0.5, 0.6) is 11.6 Å². The van der Waals surface area contributed by atoms with Crippen molar-refractivity contribution in [1.29, 1.82) is 0 Å². The lowest BCUT2D eigenvalue weighted by Gasteiger charge is -2.38. The first kappa shape index (κ1) is 26.7. The van der Waals surface area contributed by atoms with E-state index in [-0.39, 0.29) is 5.41 Å². The van der Waals surface area contributed by atoms with E-state index in [1.54, 1.807) is 0 Å². The molecule has 1 aromatic heterocycles. The molecule has 2 N–H and O–H groups in total. The predicted molar refractivity (Wildman–Crippen MR) is 160 cm³/mol. The van der Waals surface area contributed by atoms with Crippen molar-refractivity contribution in [2.75, 3.05) is 29.9 Å². The maximum absolute atomic E-state index is 6.18. The molecule has 2 fully saturated rings. The zero-order valence-corrected chi connectivity index (χ0v) is 23.5. The number of hydrogen-bond acceptors (Lipinski definition) is 5. The van der Waals surface area contributed by atoms with Gasteiger partial charge in [0.05, 0.1) is 0 Å². The first-order valence-corrected chi connectivity index (χ1v) is 14.5. The van der Waals surface area contributed by atoms with Crippen LogP contribution in [0.4, 0.5) is 11.8 Å². The number of thiocarbonyl (C=S) groups is 1. The highest BCUT2D eigenvalue weighted by Gasteiger charge is 2.34. The Morgan fingerprint density at radius 3 is 2.55 bits per heavy atom. The lowest BCUT2D eigenvalue weighted by atomic mass is 9.69. The van der Waals surface area contributed by atoms with Crippen molar-refractivity contribution >= 4 is 40.7 Å². The zero-order chi connectivity index (χ0) is 26.4. The number of halogens is 1. The van der Waals surface area contributed by atoms with Crippen molar-refractivity contribution in [2.45, 2.75) is 57.3 Å².